The molecule has 2 bridgehead atoms. The van der Waals surface area contributed by atoms with Gasteiger partial charge in [0.05, 0.1) is 11.1 Å². The van der Waals surface area contributed by atoms with Gasteiger partial charge in [-0.25, -0.2) is 0 Å². The van der Waals surface area contributed by atoms with Crippen LogP contribution in [0.25, 0.3) is 10.9 Å². The van der Waals surface area contributed by atoms with Gasteiger partial charge in [0.15, 0.2) is 17.6 Å². The van der Waals surface area contributed by atoms with Crippen molar-refractivity contribution in [3.8, 4) is 11.5 Å². The topological polar surface area (TPSA) is 46.9 Å². The van der Waals surface area contributed by atoms with Crippen molar-refractivity contribution in [1.29, 1.82) is 0 Å². The standard InChI is InChI=1S/C29H32N2O3/c1-3-33-29-15-20-19-6-4-5-7-21(19)30(2)25(20)27-28(29)12-13-31(16-17-8-9-17)23(29)14-18-10-11-22(32)26(34-27)24(18)28/h4-7,10-11,17,23,27,32H,3,8-9,12-16H2,1-2H3/t23-,27+,28+,29-/m1/s1. The highest BCUT2D eigenvalue weighted by Crippen LogP contribution is 2.70. The molecule has 2 aliphatic heterocycles. The van der Waals surface area contributed by atoms with Gasteiger partial charge in [-0.2, -0.15) is 0 Å². The second kappa shape index (κ2) is 6.38. The zero-order valence-electron chi connectivity index (χ0n) is 20.0. The summed E-state index contributed by atoms with van der Waals surface area (Å²) in [4.78, 5) is 2.76. The molecule has 0 unspecified atom stereocenters. The van der Waals surface area contributed by atoms with E-state index in [1.807, 2.05) is 6.07 Å². The molecule has 176 valence electrons. The Kier molecular flexibility index (Phi) is 3.71. The number of piperidine rings is 1. The van der Waals surface area contributed by atoms with Crippen LogP contribution in [0.15, 0.2) is 36.4 Å². The summed E-state index contributed by atoms with van der Waals surface area (Å²) in [6.45, 7) is 5.09. The molecule has 5 aliphatic rings. The number of rotatable bonds is 4. The molecule has 0 amide bonds. The lowest BCUT2D eigenvalue weighted by molar-refractivity contribution is -0.203. The Labute approximate surface area is 200 Å². The van der Waals surface area contributed by atoms with Crippen LogP contribution >= 0.6 is 0 Å². The minimum absolute atomic E-state index is 0.145. The Bertz CT molecular complexity index is 1360. The molecule has 34 heavy (non-hydrogen) atoms. The molecule has 8 rings (SSSR count). The number of hydrogen-bond acceptors (Lipinski definition) is 4. The molecule has 3 aliphatic carbocycles. The van der Waals surface area contributed by atoms with Gasteiger partial charge in [0.25, 0.3) is 0 Å². The summed E-state index contributed by atoms with van der Waals surface area (Å²) < 4.78 is 16.3. The number of phenols is 1. The van der Waals surface area contributed by atoms with Gasteiger partial charge < -0.3 is 19.1 Å². The van der Waals surface area contributed by atoms with Gasteiger partial charge in [-0.15, -0.1) is 0 Å². The monoisotopic (exact) mass is 456 g/mol. The average Bonchev–Trinajstić information content (AvgIpc) is 3.52. The predicted molar refractivity (Wildman–Crippen MR) is 131 cm³/mol. The third-order valence-corrected chi connectivity index (χ3v) is 9.83. The molecule has 1 saturated heterocycles. The lowest BCUT2D eigenvalue weighted by Gasteiger charge is -2.64. The van der Waals surface area contributed by atoms with E-state index in [-0.39, 0.29) is 22.9 Å². The molecule has 1 aromatic heterocycles. The smallest absolute Gasteiger partial charge is 0.166 e. The van der Waals surface area contributed by atoms with Crippen molar-refractivity contribution in [3.05, 3.63) is 58.8 Å². The van der Waals surface area contributed by atoms with E-state index >= 15 is 0 Å². The highest BCUT2D eigenvalue weighted by atomic mass is 16.5. The second-order valence-corrected chi connectivity index (χ2v) is 11.3. The Morgan fingerprint density at radius 2 is 2.03 bits per heavy atom. The molecule has 1 N–H and O–H groups in total. The third kappa shape index (κ3) is 2.11. The van der Waals surface area contributed by atoms with E-state index in [2.05, 4.69) is 53.8 Å². The van der Waals surface area contributed by atoms with Gasteiger partial charge >= 0.3 is 0 Å². The van der Waals surface area contributed by atoms with Crippen LogP contribution in [-0.2, 0) is 30.0 Å². The molecule has 5 heteroatoms. The number of phenolic OH excluding ortho intramolecular Hbond substituents is 1. The van der Waals surface area contributed by atoms with Gasteiger partial charge in [0.2, 0.25) is 0 Å². The maximum absolute atomic E-state index is 11.0. The number of aromatic nitrogens is 1. The third-order valence-electron chi connectivity index (χ3n) is 9.83. The molecule has 1 saturated carbocycles. The van der Waals surface area contributed by atoms with Gasteiger partial charge in [-0.3, -0.25) is 4.90 Å². The lowest BCUT2D eigenvalue weighted by Crippen LogP contribution is -2.75. The van der Waals surface area contributed by atoms with Crippen LogP contribution in [0.1, 0.15) is 54.7 Å². The molecule has 5 nitrogen and oxygen atoms in total. The number of fused-ring (bicyclic) bond motifs is 4. The molecule has 2 aromatic carbocycles. The zero-order valence-corrected chi connectivity index (χ0v) is 20.0. The number of aryl methyl sites for hydroxylation is 1. The first kappa shape index (κ1) is 19.8. The van der Waals surface area contributed by atoms with Crippen molar-refractivity contribution in [3.63, 3.8) is 0 Å². The van der Waals surface area contributed by atoms with Crippen LogP contribution in [0.5, 0.6) is 11.5 Å². The number of likely N-dealkylation sites (tertiary alicyclic amines) is 1. The van der Waals surface area contributed by atoms with E-state index in [9.17, 15) is 5.11 Å². The fourth-order valence-corrected chi connectivity index (χ4v) is 8.43. The fraction of sp³-hybridized carbons (Fsp3) is 0.517. The number of nitrogens with zero attached hydrogens (tertiary/aromatic N) is 2. The summed E-state index contributed by atoms with van der Waals surface area (Å²) >= 11 is 0. The van der Waals surface area contributed by atoms with Gasteiger partial charge in [0, 0.05) is 49.1 Å². The normalized spacial score (nSPS) is 33.0. The number of hydrogen-bond donors (Lipinski definition) is 1. The first-order valence-electron chi connectivity index (χ1n) is 13.0. The summed E-state index contributed by atoms with van der Waals surface area (Å²) in [5.74, 6) is 1.82. The number of para-hydroxylation sites is 1. The second-order valence-electron chi connectivity index (χ2n) is 11.3. The van der Waals surface area contributed by atoms with E-state index in [1.54, 1.807) is 0 Å². The highest BCUT2D eigenvalue weighted by molar-refractivity contribution is 5.87. The quantitative estimate of drug-likeness (QED) is 0.622. The lowest BCUT2D eigenvalue weighted by atomic mass is 9.48. The van der Waals surface area contributed by atoms with Crippen LogP contribution < -0.4 is 4.74 Å². The Morgan fingerprint density at radius 1 is 1.18 bits per heavy atom. The summed E-state index contributed by atoms with van der Waals surface area (Å²) in [6.07, 6.45) is 5.46. The molecule has 3 heterocycles. The average molecular weight is 457 g/mol. The molecule has 0 radical (unpaired) electrons. The maximum Gasteiger partial charge on any atom is 0.166 e. The van der Waals surface area contributed by atoms with E-state index in [0.717, 1.165) is 31.7 Å². The largest absolute Gasteiger partial charge is 0.504 e. The number of benzene rings is 2. The number of aromatic hydroxyl groups is 1. The predicted octanol–water partition coefficient (Wildman–Crippen LogP) is 4.63. The zero-order chi connectivity index (χ0) is 22.8. The molecule has 2 fully saturated rings. The van der Waals surface area contributed by atoms with Crippen molar-refractivity contribution in [1.82, 2.24) is 9.47 Å². The summed E-state index contributed by atoms with van der Waals surface area (Å²) in [5, 5.41) is 12.3. The molecule has 4 atom stereocenters. The van der Waals surface area contributed by atoms with Crippen LogP contribution in [-0.4, -0.2) is 45.9 Å². The molecular weight excluding hydrogens is 424 g/mol. The molecule has 1 spiro atoms. The van der Waals surface area contributed by atoms with Gasteiger partial charge in [-0.1, -0.05) is 24.3 Å². The SMILES string of the molecule is CCO[C@@]12Cc3c(n(C)c4ccccc34)[C@@H]3Oc4c(O)ccc5c4[C@@]31CCN(CC1CC1)[C@@H]2C5. The first-order valence-corrected chi connectivity index (χ1v) is 13.0. The summed E-state index contributed by atoms with van der Waals surface area (Å²) in [7, 11) is 2.18. The van der Waals surface area contributed by atoms with Crippen molar-refractivity contribution in [2.75, 3.05) is 19.7 Å². The van der Waals surface area contributed by atoms with E-state index in [0.29, 0.717) is 18.4 Å². The van der Waals surface area contributed by atoms with Crippen LogP contribution in [0.3, 0.4) is 0 Å². The van der Waals surface area contributed by atoms with Crippen molar-refractivity contribution >= 4 is 10.9 Å². The first-order chi connectivity index (χ1) is 16.6. The molecule has 3 aromatic rings. The summed E-state index contributed by atoms with van der Waals surface area (Å²) in [6, 6.07) is 13.1. The number of ether oxygens (including phenoxy) is 2. The molecular formula is C29H32N2O3. The Hall–Kier alpha value is -2.50. The van der Waals surface area contributed by atoms with Crippen LogP contribution in [0.2, 0.25) is 0 Å². The maximum atomic E-state index is 11.0. The Morgan fingerprint density at radius 3 is 2.85 bits per heavy atom. The minimum Gasteiger partial charge on any atom is -0.504 e. The summed E-state index contributed by atoms with van der Waals surface area (Å²) in [5.41, 5.74) is 5.86. The fourth-order valence-electron chi connectivity index (χ4n) is 8.43. The van der Waals surface area contributed by atoms with E-state index in [1.165, 1.54) is 52.7 Å². The van der Waals surface area contributed by atoms with Gasteiger partial charge in [-0.05, 0) is 68.3 Å². The van der Waals surface area contributed by atoms with E-state index < -0.39 is 0 Å². The van der Waals surface area contributed by atoms with Crippen LogP contribution in [0, 0.1) is 5.92 Å². The van der Waals surface area contributed by atoms with Gasteiger partial charge in [0.1, 0.15) is 5.60 Å². The van der Waals surface area contributed by atoms with Crippen molar-refractivity contribution in [2.45, 2.75) is 62.2 Å². The van der Waals surface area contributed by atoms with Crippen molar-refractivity contribution < 1.29 is 14.6 Å². The van der Waals surface area contributed by atoms with Crippen LogP contribution in [0.4, 0.5) is 0 Å². The highest BCUT2D eigenvalue weighted by Gasteiger charge is 2.74. The Balaban J connectivity index is 1.46. The van der Waals surface area contributed by atoms with Crippen molar-refractivity contribution in [2.24, 2.45) is 13.0 Å². The van der Waals surface area contributed by atoms with E-state index in [4.69, 9.17) is 9.47 Å². The minimum atomic E-state index is -0.358.